The Morgan fingerprint density at radius 3 is 2.81 bits per heavy atom. The number of halogens is 1. The van der Waals surface area contributed by atoms with Gasteiger partial charge in [0.15, 0.2) is 0 Å². The molecule has 0 saturated heterocycles. The second kappa shape index (κ2) is 6.74. The van der Waals surface area contributed by atoms with Gasteiger partial charge in [-0.25, -0.2) is 4.39 Å². The molecule has 1 amide bonds. The van der Waals surface area contributed by atoms with Crippen molar-refractivity contribution < 1.29 is 13.9 Å². The number of rotatable bonds is 5. The van der Waals surface area contributed by atoms with E-state index in [0.29, 0.717) is 22.7 Å². The first-order valence-electron chi connectivity index (χ1n) is 6.59. The molecular weight excluding hydrogens is 271 g/mol. The second-order valence-electron chi connectivity index (χ2n) is 4.68. The molecule has 2 rings (SSSR count). The topological polar surface area (TPSA) is 64.3 Å². The Balaban J connectivity index is 1.80. The Hall–Kier alpha value is -2.56. The summed E-state index contributed by atoms with van der Waals surface area (Å²) in [5.74, 6) is -0.0975. The molecule has 0 heterocycles. The highest BCUT2D eigenvalue weighted by Crippen LogP contribution is 2.16. The van der Waals surface area contributed by atoms with Gasteiger partial charge in [-0.1, -0.05) is 12.1 Å². The number of hydrogen-bond acceptors (Lipinski definition) is 3. The van der Waals surface area contributed by atoms with Crippen LogP contribution < -0.4 is 15.8 Å². The fraction of sp³-hybridized carbons (Fsp3) is 0.188. The number of anilines is 2. The highest BCUT2D eigenvalue weighted by Gasteiger charge is 2.04. The van der Waals surface area contributed by atoms with E-state index in [4.69, 9.17) is 10.5 Å². The van der Waals surface area contributed by atoms with E-state index in [1.54, 1.807) is 43.3 Å². The van der Waals surface area contributed by atoms with Crippen molar-refractivity contribution >= 4 is 17.3 Å². The van der Waals surface area contributed by atoms with Crippen LogP contribution >= 0.6 is 0 Å². The largest absolute Gasteiger partial charge is 0.493 e. The van der Waals surface area contributed by atoms with Gasteiger partial charge in [-0.2, -0.15) is 0 Å². The number of nitrogens with two attached hydrogens (primary N) is 1. The molecule has 0 aromatic heterocycles. The van der Waals surface area contributed by atoms with Crippen LogP contribution in [0.15, 0.2) is 42.5 Å². The van der Waals surface area contributed by atoms with Crippen LogP contribution in [0.5, 0.6) is 5.75 Å². The maximum Gasteiger partial charge on any atom is 0.227 e. The molecule has 110 valence electrons. The summed E-state index contributed by atoms with van der Waals surface area (Å²) >= 11 is 0. The number of benzene rings is 2. The lowest BCUT2D eigenvalue weighted by molar-refractivity contribution is -0.116. The minimum atomic E-state index is -0.322. The van der Waals surface area contributed by atoms with Crippen molar-refractivity contribution in [2.24, 2.45) is 0 Å². The van der Waals surface area contributed by atoms with Crippen LogP contribution in [0.1, 0.15) is 12.0 Å². The van der Waals surface area contributed by atoms with Gasteiger partial charge in [0.1, 0.15) is 11.6 Å². The molecule has 0 aliphatic rings. The molecule has 0 atom stereocenters. The lowest BCUT2D eigenvalue weighted by Crippen LogP contribution is -2.15. The van der Waals surface area contributed by atoms with Crippen molar-refractivity contribution in [3.05, 3.63) is 53.8 Å². The van der Waals surface area contributed by atoms with Crippen LogP contribution in [-0.4, -0.2) is 12.5 Å². The first-order valence-corrected chi connectivity index (χ1v) is 6.59. The molecule has 2 aromatic carbocycles. The van der Waals surface area contributed by atoms with Gasteiger partial charge in [0, 0.05) is 17.4 Å². The van der Waals surface area contributed by atoms with E-state index in [0.717, 1.165) is 0 Å². The first kappa shape index (κ1) is 14.8. The highest BCUT2D eigenvalue weighted by atomic mass is 19.1. The van der Waals surface area contributed by atoms with Gasteiger partial charge < -0.3 is 15.8 Å². The third-order valence-electron chi connectivity index (χ3n) is 2.91. The smallest absolute Gasteiger partial charge is 0.227 e. The molecule has 2 aromatic rings. The Labute approximate surface area is 122 Å². The molecule has 0 bridgehead atoms. The maximum atomic E-state index is 13.3. The quantitative estimate of drug-likeness (QED) is 0.831. The molecule has 0 unspecified atom stereocenters. The SMILES string of the molecule is Cc1ccc(OCCC(=O)Nc2cccc(N)c2)cc1F. The molecule has 0 aliphatic heterocycles. The normalized spacial score (nSPS) is 10.2. The van der Waals surface area contributed by atoms with E-state index in [1.807, 2.05) is 0 Å². The van der Waals surface area contributed by atoms with Crippen LogP contribution in [0, 0.1) is 12.7 Å². The summed E-state index contributed by atoms with van der Waals surface area (Å²) in [6.45, 7) is 1.86. The maximum absolute atomic E-state index is 13.3. The van der Waals surface area contributed by atoms with Crippen LogP contribution in [0.4, 0.5) is 15.8 Å². The van der Waals surface area contributed by atoms with E-state index < -0.39 is 0 Å². The zero-order chi connectivity index (χ0) is 15.2. The monoisotopic (exact) mass is 288 g/mol. The fourth-order valence-corrected chi connectivity index (χ4v) is 1.76. The predicted octanol–water partition coefficient (Wildman–Crippen LogP) is 3.12. The molecule has 4 nitrogen and oxygen atoms in total. The van der Waals surface area contributed by atoms with E-state index >= 15 is 0 Å². The van der Waals surface area contributed by atoms with Crippen molar-refractivity contribution in [2.45, 2.75) is 13.3 Å². The molecule has 21 heavy (non-hydrogen) atoms. The lowest BCUT2D eigenvalue weighted by Gasteiger charge is -2.08. The number of nitrogen functional groups attached to an aromatic ring is 1. The standard InChI is InChI=1S/C16H17FN2O2/c1-11-5-6-14(10-15(11)17)21-8-7-16(20)19-13-4-2-3-12(18)9-13/h2-6,9-10H,7-8,18H2,1H3,(H,19,20). The van der Waals surface area contributed by atoms with Crippen LogP contribution in [0.3, 0.4) is 0 Å². The van der Waals surface area contributed by atoms with Crippen molar-refractivity contribution in [1.82, 2.24) is 0 Å². The average Bonchev–Trinajstić information content (AvgIpc) is 2.43. The molecular formula is C16H17FN2O2. The number of amides is 1. The third kappa shape index (κ3) is 4.49. The third-order valence-corrected chi connectivity index (χ3v) is 2.91. The number of carbonyl (C=O) groups excluding carboxylic acids is 1. The minimum Gasteiger partial charge on any atom is -0.493 e. The zero-order valence-corrected chi connectivity index (χ0v) is 11.7. The van der Waals surface area contributed by atoms with Crippen molar-refractivity contribution in [3.8, 4) is 5.75 Å². The first-order chi connectivity index (χ1) is 10.0. The number of carbonyl (C=O) groups is 1. The van der Waals surface area contributed by atoms with Gasteiger partial charge in [-0.15, -0.1) is 0 Å². The van der Waals surface area contributed by atoms with Crippen LogP contribution in [-0.2, 0) is 4.79 Å². The number of ether oxygens (including phenoxy) is 1. The molecule has 0 spiro atoms. The Morgan fingerprint density at radius 2 is 2.10 bits per heavy atom. The van der Waals surface area contributed by atoms with Gasteiger partial charge in [0.2, 0.25) is 5.91 Å². The summed E-state index contributed by atoms with van der Waals surface area (Å²) in [7, 11) is 0. The van der Waals surface area contributed by atoms with Crippen LogP contribution in [0.2, 0.25) is 0 Å². The van der Waals surface area contributed by atoms with Gasteiger partial charge >= 0.3 is 0 Å². The van der Waals surface area contributed by atoms with Gasteiger partial charge in [0.25, 0.3) is 0 Å². The lowest BCUT2D eigenvalue weighted by atomic mass is 10.2. The Morgan fingerprint density at radius 1 is 1.29 bits per heavy atom. The van der Waals surface area contributed by atoms with E-state index in [1.165, 1.54) is 6.07 Å². The summed E-state index contributed by atoms with van der Waals surface area (Å²) < 4.78 is 18.7. The average molecular weight is 288 g/mol. The number of nitrogens with one attached hydrogen (secondary N) is 1. The molecule has 0 aliphatic carbocycles. The highest BCUT2D eigenvalue weighted by molar-refractivity contribution is 5.91. The molecule has 3 N–H and O–H groups in total. The summed E-state index contributed by atoms with van der Waals surface area (Å²) in [6, 6.07) is 11.6. The minimum absolute atomic E-state index is 0.171. The van der Waals surface area contributed by atoms with E-state index in [9.17, 15) is 9.18 Å². The van der Waals surface area contributed by atoms with E-state index in [2.05, 4.69) is 5.32 Å². The molecule has 0 radical (unpaired) electrons. The summed E-state index contributed by atoms with van der Waals surface area (Å²) in [5, 5.41) is 2.72. The zero-order valence-electron chi connectivity index (χ0n) is 11.7. The van der Waals surface area contributed by atoms with Gasteiger partial charge in [-0.3, -0.25) is 4.79 Å². The molecule has 0 fully saturated rings. The van der Waals surface area contributed by atoms with Crippen molar-refractivity contribution in [2.75, 3.05) is 17.7 Å². The van der Waals surface area contributed by atoms with Crippen LogP contribution in [0.25, 0.3) is 0 Å². The van der Waals surface area contributed by atoms with E-state index in [-0.39, 0.29) is 24.8 Å². The van der Waals surface area contributed by atoms with Crippen molar-refractivity contribution in [1.29, 1.82) is 0 Å². The Kier molecular flexibility index (Phi) is 4.77. The summed E-state index contributed by atoms with van der Waals surface area (Å²) in [5.41, 5.74) is 7.41. The number of aryl methyl sites for hydroxylation is 1. The Bertz CT molecular complexity index is 644. The fourth-order valence-electron chi connectivity index (χ4n) is 1.76. The molecule has 0 saturated carbocycles. The predicted molar refractivity (Wildman–Crippen MR) is 80.7 cm³/mol. The molecule has 5 heteroatoms. The van der Waals surface area contributed by atoms with Crippen molar-refractivity contribution in [3.63, 3.8) is 0 Å². The number of hydrogen-bond donors (Lipinski definition) is 2. The van der Waals surface area contributed by atoms with Gasteiger partial charge in [-0.05, 0) is 36.8 Å². The van der Waals surface area contributed by atoms with Gasteiger partial charge in [0.05, 0.1) is 13.0 Å². The second-order valence-corrected chi connectivity index (χ2v) is 4.68. The summed E-state index contributed by atoms with van der Waals surface area (Å²) in [4.78, 5) is 11.7. The summed E-state index contributed by atoms with van der Waals surface area (Å²) in [6.07, 6.45) is 0.171.